The summed E-state index contributed by atoms with van der Waals surface area (Å²) >= 11 is 0. The molecule has 54 heavy (non-hydrogen) atoms. The molecule has 0 aromatic rings. The van der Waals surface area contributed by atoms with Crippen LogP contribution in [-0.4, -0.2) is 144 Å². The summed E-state index contributed by atoms with van der Waals surface area (Å²) in [6, 6.07) is 0. The molecule has 10 N–H and O–H groups in total. The Bertz CT molecular complexity index is 1250. The fourth-order valence-corrected chi connectivity index (χ4v) is 6.77. The molecule has 1 rings (SSSR count). The smallest absolute Gasteiger partial charge is 0.333 e. The summed E-state index contributed by atoms with van der Waals surface area (Å²) in [5, 5.41) is 102. The molecule has 314 valence electrons. The predicted molar refractivity (Wildman–Crippen MR) is 202 cm³/mol. The Kier molecular flexibility index (Phi) is 22.1. The minimum atomic E-state index is -1.71. The van der Waals surface area contributed by atoms with Crippen molar-refractivity contribution in [1.29, 1.82) is 0 Å². The van der Waals surface area contributed by atoms with Gasteiger partial charge in [0.25, 0.3) is 0 Å². The van der Waals surface area contributed by atoms with E-state index in [1.54, 1.807) is 33.8 Å². The fraction of sp³-hybridized carbons (Fsp3) is 0.775. The summed E-state index contributed by atoms with van der Waals surface area (Å²) in [4.78, 5) is 12.6. The number of carbonyl (C=O) groups is 1. The summed E-state index contributed by atoms with van der Waals surface area (Å²) in [5.41, 5.74) is 2.06. The van der Waals surface area contributed by atoms with Gasteiger partial charge in [-0.1, -0.05) is 72.3 Å². The second-order valence-electron chi connectivity index (χ2n) is 15.4. The van der Waals surface area contributed by atoms with Crippen molar-refractivity contribution in [2.75, 3.05) is 19.8 Å². The zero-order valence-corrected chi connectivity index (χ0v) is 33.7. The standard InChI is InChI=1S/C40H70O14/c1-11-20(2)12-21(3)13-26(8)38(54-40-37(50)36(49)35(48)31(19-43)53-40)27(9)15-24(6)32(45)22(4)14-23(5)33(46)25(7)16-28(10)39(51)52-30(18-42)34(47)29(44)17-41/h13-16,20-22,25,27,29-38,40-50H,11-12,17-19H2,1-10H3/t20?,21?,22?,25?,27?,29-,30-,31-,32?,33?,34+,35-,36+,37+,38?,40+/m1/s1. The van der Waals surface area contributed by atoms with Crippen molar-refractivity contribution in [3.63, 3.8) is 0 Å². The average Bonchev–Trinajstić information content (AvgIpc) is 3.13. The first kappa shape index (κ1) is 50.0. The zero-order valence-electron chi connectivity index (χ0n) is 33.7. The van der Waals surface area contributed by atoms with Crippen molar-refractivity contribution in [3.05, 3.63) is 46.6 Å². The SMILES string of the molecule is CCC(C)CC(C)C=C(C)C(O[C@@H]1O[C@H](CO)[C@@H](O)[C@H](O)[C@@H]1O)C(C)C=C(C)C(O)C(C)C=C(C)C(O)C(C)C=C(C)C(=O)O[C@H](CO)[C@@H](O)[C@H](O)CO. The van der Waals surface area contributed by atoms with Gasteiger partial charge in [-0.15, -0.1) is 0 Å². The monoisotopic (exact) mass is 774 g/mol. The second-order valence-corrected chi connectivity index (χ2v) is 15.4. The summed E-state index contributed by atoms with van der Waals surface area (Å²) in [6.45, 7) is 16.4. The van der Waals surface area contributed by atoms with E-state index in [1.165, 1.54) is 13.0 Å². The van der Waals surface area contributed by atoms with Crippen LogP contribution in [0, 0.1) is 29.6 Å². The number of aliphatic hydroxyl groups is 10. The summed E-state index contributed by atoms with van der Waals surface area (Å²) in [6.07, 6.45) is -5.59. The molecule has 0 bridgehead atoms. The maximum Gasteiger partial charge on any atom is 0.333 e. The quantitative estimate of drug-likeness (QED) is 0.0423. The molecule has 0 aromatic carbocycles. The third-order valence-corrected chi connectivity index (χ3v) is 10.3. The third-order valence-electron chi connectivity index (χ3n) is 10.3. The first-order valence-electron chi connectivity index (χ1n) is 19.0. The van der Waals surface area contributed by atoms with Gasteiger partial charge in [-0.2, -0.15) is 0 Å². The lowest BCUT2D eigenvalue weighted by molar-refractivity contribution is -0.310. The molecule has 16 atom stereocenters. The first-order chi connectivity index (χ1) is 25.1. The van der Waals surface area contributed by atoms with E-state index in [1.807, 2.05) is 19.9 Å². The van der Waals surface area contributed by atoms with Gasteiger partial charge in [0.2, 0.25) is 0 Å². The highest BCUT2D eigenvalue weighted by Gasteiger charge is 2.45. The van der Waals surface area contributed by atoms with Crippen LogP contribution in [0.4, 0.5) is 0 Å². The van der Waals surface area contributed by atoms with Gasteiger partial charge in [0.1, 0.15) is 36.6 Å². The van der Waals surface area contributed by atoms with E-state index < -0.39 is 105 Å². The number of rotatable bonds is 22. The number of ether oxygens (including phenoxy) is 3. The third kappa shape index (κ3) is 14.8. The summed E-state index contributed by atoms with van der Waals surface area (Å²) in [7, 11) is 0. The molecule has 0 saturated carbocycles. The number of hydrogen-bond acceptors (Lipinski definition) is 14. The number of esters is 1. The van der Waals surface area contributed by atoms with Crippen LogP contribution in [0.1, 0.15) is 82.1 Å². The number of aliphatic hydroxyl groups excluding tert-OH is 10. The molecule has 0 aliphatic carbocycles. The van der Waals surface area contributed by atoms with Crippen LogP contribution in [0.25, 0.3) is 0 Å². The normalized spacial score (nSPS) is 28.3. The lowest BCUT2D eigenvalue weighted by atomic mass is 9.87. The molecule has 0 aromatic heterocycles. The van der Waals surface area contributed by atoms with Gasteiger partial charge >= 0.3 is 5.97 Å². The van der Waals surface area contributed by atoms with Crippen molar-refractivity contribution in [2.24, 2.45) is 29.6 Å². The molecule has 1 saturated heterocycles. The van der Waals surface area contributed by atoms with Gasteiger partial charge in [0, 0.05) is 23.3 Å². The topological polar surface area (TPSA) is 247 Å². The van der Waals surface area contributed by atoms with Crippen LogP contribution in [0.2, 0.25) is 0 Å². The van der Waals surface area contributed by atoms with Crippen molar-refractivity contribution < 1.29 is 70.1 Å². The predicted octanol–water partition coefficient (Wildman–Crippen LogP) is 1.28. The van der Waals surface area contributed by atoms with E-state index in [9.17, 15) is 50.8 Å². The van der Waals surface area contributed by atoms with Crippen molar-refractivity contribution in [2.45, 2.75) is 149 Å². The molecule has 1 fully saturated rings. The van der Waals surface area contributed by atoms with E-state index >= 15 is 0 Å². The van der Waals surface area contributed by atoms with Crippen LogP contribution in [-0.2, 0) is 19.0 Å². The van der Waals surface area contributed by atoms with Crippen molar-refractivity contribution in [3.8, 4) is 0 Å². The number of hydrogen-bond donors (Lipinski definition) is 10. The van der Waals surface area contributed by atoms with Gasteiger partial charge in [-0.25, -0.2) is 4.79 Å². The number of allylic oxidation sites excluding steroid dienone is 1. The van der Waals surface area contributed by atoms with Crippen LogP contribution >= 0.6 is 0 Å². The molecular formula is C40H70O14. The lowest BCUT2D eigenvalue weighted by Crippen LogP contribution is -2.60. The van der Waals surface area contributed by atoms with Crippen LogP contribution in [0.5, 0.6) is 0 Å². The van der Waals surface area contributed by atoms with Crippen LogP contribution in [0.3, 0.4) is 0 Å². The maximum absolute atomic E-state index is 12.6. The summed E-state index contributed by atoms with van der Waals surface area (Å²) in [5.74, 6) is -1.63. The molecular weight excluding hydrogens is 704 g/mol. The van der Waals surface area contributed by atoms with E-state index in [-0.39, 0.29) is 17.4 Å². The lowest BCUT2D eigenvalue weighted by Gasteiger charge is -2.41. The maximum atomic E-state index is 12.6. The minimum absolute atomic E-state index is 0.0819. The highest BCUT2D eigenvalue weighted by atomic mass is 16.7. The Hall–Kier alpha value is -2.05. The molecule has 1 aliphatic rings. The van der Waals surface area contributed by atoms with E-state index in [0.717, 1.165) is 18.4 Å². The Balaban J connectivity index is 3.23. The largest absolute Gasteiger partial charge is 0.454 e. The highest BCUT2D eigenvalue weighted by molar-refractivity contribution is 5.88. The Morgan fingerprint density at radius 3 is 1.76 bits per heavy atom. The Labute approximate surface area is 321 Å². The highest BCUT2D eigenvalue weighted by Crippen LogP contribution is 2.30. The molecule has 0 radical (unpaired) electrons. The van der Waals surface area contributed by atoms with Crippen molar-refractivity contribution in [1.82, 2.24) is 0 Å². The fourth-order valence-electron chi connectivity index (χ4n) is 6.77. The van der Waals surface area contributed by atoms with Gasteiger partial charge in [0.05, 0.1) is 38.1 Å². The molecule has 0 amide bonds. The van der Waals surface area contributed by atoms with Crippen LogP contribution in [0.15, 0.2) is 46.6 Å². The Morgan fingerprint density at radius 1 is 0.722 bits per heavy atom. The van der Waals surface area contributed by atoms with Gasteiger partial charge in [-0.3, -0.25) is 0 Å². The minimum Gasteiger partial charge on any atom is -0.454 e. The van der Waals surface area contributed by atoms with Crippen molar-refractivity contribution >= 4 is 5.97 Å². The van der Waals surface area contributed by atoms with Gasteiger partial charge in [0.15, 0.2) is 12.4 Å². The molecule has 1 aliphatic heterocycles. The zero-order chi connectivity index (χ0) is 41.6. The molecule has 8 unspecified atom stereocenters. The summed E-state index contributed by atoms with van der Waals surface area (Å²) < 4.78 is 17.1. The molecule has 0 spiro atoms. The van der Waals surface area contributed by atoms with Gasteiger partial charge in [-0.05, 0) is 62.7 Å². The number of carbonyl (C=O) groups excluding carboxylic acids is 1. The molecule has 1 heterocycles. The second kappa shape index (κ2) is 23.9. The van der Waals surface area contributed by atoms with E-state index in [0.29, 0.717) is 17.1 Å². The van der Waals surface area contributed by atoms with Gasteiger partial charge < -0.3 is 65.3 Å². The van der Waals surface area contributed by atoms with E-state index in [2.05, 4.69) is 26.8 Å². The van der Waals surface area contributed by atoms with Crippen LogP contribution < -0.4 is 0 Å². The first-order valence-corrected chi connectivity index (χ1v) is 19.0. The van der Waals surface area contributed by atoms with E-state index in [4.69, 9.17) is 19.3 Å². The molecule has 14 heteroatoms. The Morgan fingerprint density at radius 2 is 1.26 bits per heavy atom. The molecule has 14 nitrogen and oxygen atoms in total. The average molecular weight is 775 g/mol.